The van der Waals surface area contributed by atoms with Crippen molar-refractivity contribution in [3.8, 4) is 5.75 Å². The maximum Gasteiger partial charge on any atom is 0.338 e. The van der Waals surface area contributed by atoms with E-state index >= 15 is 0 Å². The first kappa shape index (κ1) is 21.5. The van der Waals surface area contributed by atoms with Crippen molar-refractivity contribution in [2.45, 2.75) is 26.7 Å². The molecule has 0 spiro atoms. The summed E-state index contributed by atoms with van der Waals surface area (Å²) in [5.74, 6) is 0.360. The minimum atomic E-state index is -0.355. The second kappa shape index (κ2) is 10.1. The number of methoxy groups -OCH3 is 1. The molecule has 0 saturated heterocycles. The maximum absolute atomic E-state index is 12.1. The van der Waals surface area contributed by atoms with Gasteiger partial charge in [-0.25, -0.2) is 4.79 Å². The van der Waals surface area contributed by atoms with Crippen LogP contribution in [0.2, 0.25) is 0 Å². The molecule has 5 nitrogen and oxygen atoms in total. The van der Waals surface area contributed by atoms with Crippen LogP contribution in [0.5, 0.6) is 5.75 Å². The number of aryl methyl sites for hydroxylation is 1. The molecule has 5 heteroatoms. The molecule has 0 atom stereocenters. The molecule has 162 valence electrons. The number of para-hydroxylation sites is 1. The lowest BCUT2D eigenvalue weighted by Crippen LogP contribution is -2.10. The second-order valence-corrected chi connectivity index (χ2v) is 7.52. The summed E-state index contributed by atoms with van der Waals surface area (Å²) in [7, 11) is 1.39. The van der Waals surface area contributed by atoms with Gasteiger partial charge >= 0.3 is 5.97 Å². The fraction of sp³-hybridized carbons (Fsp3) is 0.185. The summed E-state index contributed by atoms with van der Waals surface area (Å²) >= 11 is 0. The fourth-order valence-electron chi connectivity index (χ4n) is 3.59. The van der Waals surface area contributed by atoms with Crippen molar-refractivity contribution < 1.29 is 19.0 Å². The first-order chi connectivity index (χ1) is 15.6. The molecule has 0 aliphatic rings. The molecule has 4 aromatic rings. The Morgan fingerprint density at radius 1 is 0.875 bits per heavy atom. The molecule has 1 aromatic heterocycles. The molecule has 32 heavy (non-hydrogen) atoms. The van der Waals surface area contributed by atoms with Crippen LogP contribution in [0.1, 0.15) is 32.7 Å². The van der Waals surface area contributed by atoms with Crippen LogP contribution in [0.25, 0.3) is 10.9 Å². The van der Waals surface area contributed by atoms with Crippen LogP contribution in [-0.2, 0) is 29.3 Å². The maximum atomic E-state index is 12.1. The van der Waals surface area contributed by atoms with Crippen molar-refractivity contribution >= 4 is 16.9 Å². The first-order valence-electron chi connectivity index (χ1n) is 10.4. The molecule has 0 N–H and O–H groups in total. The van der Waals surface area contributed by atoms with Crippen molar-refractivity contribution in [2.24, 2.45) is 0 Å². The van der Waals surface area contributed by atoms with Crippen LogP contribution in [0.15, 0.2) is 78.9 Å². The van der Waals surface area contributed by atoms with Gasteiger partial charge in [0.1, 0.15) is 12.4 Å². The molecule has 4 rings (SSSR count). The van der Waals surface area contributed by atoms with Crippen LogP contribution in [0.3, 0.4) is 0 Å². The van der Waals surface area contributed by atoms with Gasteiger partial charge in [0, 0.05) is 10.9 Å². The predicted molar refractivity (Wildman–Crippen MR) is 124 cm³/mol. The van der Waals surface area contributed by atoms with Crippen molar-refractivity contribution in [1.29, 1.82) is 0 Å². The third-order valence-corrected chi connectivity index (χ3v) is 5.22. The Bertz CT molecular complexity index is 1240. The number of hydrogen-bond donors (Lipinski definition) is 0. The number of carbonyl (C=O) groups is 1. The monoisotopic (exact) mass is 427 g/mol. The quantitative estimate of drug-likeness (QED) is 0.341. The minimum absolute atomic E-state index is 0.275. The lowest BCUT2D eigenvalue weighted by molar-refractivity contribution is 0.0597. The van der Waals surface area contributed by atoms with E-state index in [-0.39, 0.29) is 12.6 Å². The van der Waals surface area contributed by atoms with E-state index in [2.05, 4.69) is 11.1 Å². The molecule has 1 heterocycles. The summed E-state index contributed by atoms with van der Waals surface area (Å²) in [5, 5.41) is 1.12. The summed E-state index contributed by atoms with van der Waals surface area (Å²) < 4.78 is 16.8. The third kappa shape index (κ3) is 5.13. The Hall–Kier alpha value is -3.70. The molecule has 3 aromatic carbocycles. The molecule has 0 aliphatic heterocycles. The summed E-state index contributed by atoms with van der Waals surface area (Å²) in [4.78, 5) is 16.8. The molecule has 0 aliphatic carbocycles. The van der Waals surface area contributed by atoms with Crippen LogP contribution in [-0.4, -0.2) is 18.1 Å². The van der Waals surface area contributed by atoms with Gasteiger partial charge in [0.25, 0.3) is 0 Å². The molecule has 0 radical (unpaired) electrons. The van der Waals surface area contributed by atoms with Gasteiger partial charge in [-0.05, 0) is 42.3 Å². The number of fused-ring (bicyclic) bond motifs is 1. The Morgan fingerprint density at radius 2 is 1.72 bits per heavy atom. The van der Waals surface area contributed by atoms with Gasteiger partial charge in [0.15, 0.2) is 0 Å². The average molecular weight is 428 g/mol. The molecule has 0 amide bonds. The minimum Gasteiger partial charge on any atom is -0.489 e. The van der Waals surface area contributed by atoms with Crippen LogP contribution < -0.4 is 4.74 Å². The van der Waals surface area contributed by atoms with Crippen molar-refractivity contribution in [3.63, 3.8) is 0 Å². The van der Waals surface area contributed by atoms with Crippen molar-refractivity contribution in [1.82, 2.24) is 4.98 Å². The number of aromatic nitrogens is 1. The number of rotatable bonds is 8. The van der Waals surface area contributed by atoms with Crippen molar-refractivity contribution in [2.75, 3.05) is 7.11 Å². The van der Waals surface area contributed by atoms with Gasteiger partial charge in [0.2, 0.25) is 0 Å². The Labute approximate surface area is 187 Å². The smallest absolute Gasteiger partial charge is 0.338 e. The van der Waals surface area contributed by atoms with E-state index in [4.69, 9.17) is 14.2 Å². The highest BCUT2D eigenvalue weighted by Crippen LogP contribution is 2.20. The van der Waals surface area contributed by atoms with Crippen molar-refractivity contribution in [3.05, 3.63) is 107 Å². The summed E-state index contributed by atoms with van der Waals surface area (Å²) in [5.41, 5.74) is 5.07. The Kier molecular flexibility index (Phi) is 6.78. The number of pyridine rings is 1. The van der Waals surface area contributed by atoms with Gasteiger partial charge in [-0.15, -0.1) is 0 Å². The fourth-order valence-corrected chi connectivity index (χ4v) is 3.59. The lowest BCUT2D eigenvalue weighted by Gasteiger charge is -2.13. The number of esters is 1. The Morgan fingerprint density at radius 3 is 2.59 bits per heavy atom. The zero-order valence-corrected chi connectivity index (χ0v) is 18.2. The zero-order chi connectivity index (χ0) is 22.3. The lowest BCUT2D eigenvalue weighted by atomic mass is 10.0. The van der Waals surface area contributed by atoms with E-state index in [1.807, 2.05) is 79.7 Å². The van der Waals surface area contributed by atoms with E-state index in [1.165, 1.54) is 7.11 Å². The highest BCUT2D eigenvalue weighted by molar-refractivity contribution is 5.92. The van der Waals surface area contributed by atoms with E-state index in [0.717, 1.165) is 33.3 Å². The standard InChI is InChI=1S/C27H25NO4/c1-19-7-5-10-22(26(19)27(29)30-2)17-32-24-11-6-8-20(15-24)16-31-18-23-14-13-21-9-3-4-12-25(21)28-23/h3-15H,16-18H2,1-2H3. The van der Waals surface area contributed by atoms with Crippen LogP contribution >= 0.6 is 0 Å². The summed E-state index contributed by atoms with van der Waals surface area (Å²) in [6.07, 6.45) is 0. The van der Waals surface area contributed by atoms with Gasteiger partial charge in [0.05, 0.1) is 37.1 Å². The average Bonchev–Trinajstić information content (AvgIpc) is 2.82. The topological polar surface area (TPSA) is 57.7 Å². The third-order valence-electron chi connectivity index (χ3n) is 5.22. The number of nitrogens with zero attached hydrogens (tertiary/aromatic N) is 1. The summed E-state index contributed by atoms with van der Waals surface area (Å²) in [6.45, 7) is 3.04. The van der Waals surface area contributed by atoms with Gasteiger partial charge in [-0.3, -0.25) is 4.98 Å². The first-order valence-corrected chi connectivity index (χ1v) is 10.4. The predicted octanol–water partition coefficient (Wildman–Crippen LogP) is 5.63. The molecular weight excluding hydrogens is 402 g/mol. The largest absolute Gasteiger partial charge is 0.489 e. The van der Waals surface area contributed by atoms with E-state index in [0.29, 0.717) is 24.5 Å². The van der Waals surface area contributed by atoms with E-state index < -0.39 is 0 Å². The Balaban J connectivity index is 1.36. The number of ether oxygens (including phenoxy) is 3. The van der Waals surface area contributed by atoms with Gasteiger partial charge < -0.3 is 14.2 Å². The number of benzene rings is 3. The highest BCUT2D eigenvalue weighted by Gasteiger charge is 2.15. The van der Waals surface area contributed by atoms with Gasteiger partial charge in [-0.2, -0.15) is 0 Å². The number of hydrogen-bond acceptors (Lipinski definition) is 5. The SMILES string of the molecule is COC(=O)c1c(C)cccc1COc1cccc(COCc2ccc3ccccc3n2)c1. The normalized spacial score (nSPS) is 10.8. The summed E-state index contributed by atoms with van der Waals surface area (Å²) in [6, 6.07) is 25.5. The molecule has 0 bridgehead atoms. The highest BCUT2D eigenvalue weighted by atomic mass is 16.5. The molecule has 0 saturated carbocycles. The van der Waals surface area contributed by atoms with E-state index in [1.54, 1.807) is 0 Å². The molecule has 0 unspecified atom stereocenters. The molecular formula is C27H25NO4. The molecule has 0 fully saturated rings. The van der Waals surface area contributed by atoms with Crippen LogP contribution in [0.4, 0.5) is 0 Å². The zero-order valence-electron chi connectivity index (χ0n) is 18.2. The van der Waals surface area contributed by atoms with Crippen LogP contribution in [0, 0.1) is 6.92 Å². The van der Waals surface area contributed by atoms with E-state index in [9.17, 15) is 4.79 Å². The number of carbonyl (C=O) groups excluding carboxylic acids is 1. The van der Waals surface area contributed by atoms with Gasteiger partial charge in [-0.1, -0.05) is 54.6 Å². The second-order valence-electron chi connectivity index (χ2n) is 7.52.